The van der Waals surface area contributed by atoms with Gasteiger partial charge in [-0.3, -0.25) is 9.48 Å². The lowest BCUT2D eigenvalue weighted by Gasteiger charge is -2.18. The monoisotopic (exact) mass is 431 g/mol. The maximum Gasteiger partial charge on any atom is 0.261 e. The van der Waals surface area contributed by atoms with Gasteiger partial charge in [0.1, 0.15) is 0 Å². The fourth-order valence-electron chi connectivity index (χ4n) is 2.90. The van der Waals surface area contributed by atoms with Crippen LogP contribution in [0.25, 0.3) is 10.6 Å². The molecule has 1 atom stereocenters. The van der Waals surface area contributed by atoms with Crippen LogP contribution in [-0.2, 0) is 7.05 Å². The number of hydrogen-bond donors (Lipinski definition) is 1. The van der Waals surface area contributed by atoms with Gasteiger partial charge in [0.15, 0.2) is 0 Å². The zero-order chi connectivity index (χ0) is 18.5. The molecule has 0 radical (unpaired) electrons. The molecule has 1 amide bonds. The lowest BCUT2D eigenvalue weighted by atomic mass is 10.0. The Morgan fingerprint density at radius 2 is 2.08 bits per heavy atom. The molecule has 0 bridgehead atoms. The lowest BCUT2D eigenvalue weighted by molar-refractivity contribution is 0.0938. The predicted octanol–water partition coefficient (Wildman–Crippen LogP) is 5.57. The molecule has 1 N–H and O–H groups in total. The number of nitrogens with one attached hydrogen (secondary N) is 1. The highest BCUT2D eigenvalue weighted by Crippen LogP contribution is 2.36. The summed E-state index contributed by atoms with van der Waals surface area (Å²) in [5.41, 5.74) is 2.14. The molecule has 1 aromatic carbocycles. The fraction of sp³-hybridized carbons (Fsp3) is 0.300. The average Bonchev–Trinajstić information content (AvgIpc) is 3.24. The zero-order valence-corrected chi connectivity index (χ0v) is 17.3. The molecule has 0 fully saturated rings. The summed E-state index contributed by atoms with van der Waals surface area (Å²) in [7, 11) is 1.90. The number of carbonyl (C=O) groups excluding carboxylic acids is 1. The molecule has 4 nitrogen and oxygen atoms in total. The average molecular weight is 432 g/mol. The smallest absolute Gasteiger partial charge is 0.261 e. The van der Waals surface area contributed by atoms with Gasteiger partial charge in [-0.1, -0.05) is 50.1 Å². The van der Waals surface area contributed by atoms with Gasteiger partial charge in [0.05, 0.1) is 21.5 Å². The van der Waals surface area contributed by atoms with Gasteiger partial charge in [0.25, 0.3) is 5.91 Å². The van der Waals surface area contributed by atoms with Crippen molar-refractivity contribution in [3.05, 3.63) is 63.6 Å². The van der Waals surface area contributed by atoms with E-state index in [0.29, 0.717) is 4.88 Å². The number of hydrogen-bond acceptors (Lipinski definition) is 3. The number of amides is 1. The Labute approximate surface area is 166 Å². The van der Waals surface area contributed by atoms with Crippen LogP contribution in [0.15, 0.2) is 53.1 Å². The molecule has 0 spiro atoms. The van der Waals surface area contributed by atoms with Crippen LogP contribution in [-0.4, -0.2) is 15.7 Å². The van der Waals surface area contributed by atoms with E-state index in [-0.39, 0.29) is 11.9 Å². The largest absolute Gasteiger partial charge is 0.345 e. The van der Waals surface area contributed by atoms with E-state index in [1.165, 1.54) is 11.3 Å². The second-order valence-electron chi connectivity index (χ2n) is 6.21. The third-order valence-electron chi connectivity index (χ3n) is 4.32. The molecule has 0 aliphatic heterocycles. The molecule has 26 heavy (non-hydrogen) atoms. The zero-order valence-electron chi connectivity index (χ0n) is 14.9. The quantitative estimate of drug-likeness (QED) is 0.531. The van der Waals surface area contributed by atoms with Crippen molar-refractivity contribution in [1.29, 1.82) is 0 Å². The Balaban J connectivity index is 1.81. The molecular weight excluding hydrogens is 410 g/mol. The summed E-state index contributed by atoms with van der Waals surface area (Å²) in [6.45, 7) is 2.17. The van der Waals surface area contributed by atoms with Crippen molar-refractivity contribution < 1.29 is 4.79 Å². The molecule has 0 aliphatic carbocycles. The van der Waals surface area contributed by atoms with Gasteiger partial charge in [-0.2, -0.15) is 5.10 Å². The number of carbonyl (C=O) groups is 1. The van der Waals surface area contributed by atoms with E-state index < -0.39 is 0 Å². The summed E-state index contributed by atoms with van der Waals surface area (Å²) in [6.07, 6.45) is 4.88. The van der Waals surface area contributed by atoms with Crippen molar-refractivity contribution in [3.8, 4) is 10.6 Å². The van der Waals surface area contributed by atoms with Gasteiger partial charge >= 0.3 is 0 Å². The summed E-state index contributed by atoms with van der Waals surface area (Å²) in [5, 5.41) is 7.43. The molecule has 1 unspecified atom stereocenters. The normalized spacial score (nSPS) is 12.1. The Bertz CT molecular complexity index is 872. The minimum atomic E-state index is -0.0333. The van der Waals surface area contributed by atoms with E-state index in [0.717, 1.165) is 39.9 Å². The minimum absolute atomic E-state index is 0.0321. The number of halogens is 1. The van der Waals surface area contributed by atoms with Crippen molar-refractivity contribution in [2.75, 3.05) is 0 Å². The van der Waals surface area contributed by atoms with Gasteiger partial charge < -0.3 is 5.32 Å². The van der Waals surface area contributed by atoms with Crippen LogP contribution in [0.3, 0.4) is 0 Å². The Kier molecular flexibility index (Phi) is 6.27. The van der Waals surface area contributed by atoms with E-state index in [1.807, 2.05) is 42.1 Å². The molecule has 0 saturated heterocycles. The van der Waals surface area contributed by atoms with E-state index >= 15 is 0 Å². The van der Waals surface area contributed by atoms with Crippen molar-refractivity contribution in [1.82, 2.24) is 15.1 Å². The highest BCUT2D eigenvalue weighted by Gasteiger charge is 2.20. The summed E-state index contributed by atoms with van der Waals surface area (Å²) in [5.74, 6) is -0.0333. The number of rotatable bonds is 7. The van der Waals surface area contributed by atoms with E-state index in [4.69, 9.17) is 0 Å². The van der Waals surface area contributed by atoms with Crippen LogP contribution in [0.2, 0.25) is 0 Å². The van der Waals surface area contributed by atoms with E-state index in [2.05, 4.69) is 45.4 Å². The first-order valence-electron chi connectivity index (χ1n) is 8.73. The molecule has 2 aromatic heterocycles. The first kappa shape index (κ1) is 18.9. The number of unbranched alkanes of at least 4 members (excludes halogenated alkanes) is 1. The van der Waals surface area contributed by atoms with Gasteiger partial charge in [0, 0.05) is 17.7 Å². The van der Waals surface area contributed by atoms with Crippen LogP contribution >= 0.6 is 27.3 Å². The van der Waals surface area contributed by atoms with Crippen molar-refractivity contribution in [2.24, 2.45) is 7.05 Å². The van der Waals surface area contributed by atoms with Crippen molar-refractivity contribution in [3.63, 3.8) is 0 Å². The highest BCUT2D eigenvalue weighted by molar-refractivity contribution is 9.10. The first-order valence-corrected chi connectivity index (χ1v) is 10.3. The topological polar surface area (TPSA) is 46.9 Å². The standard InChI is InChI=1S/C20H22BrN3OS/c1-3-4-10-16(14-8-6-5-7-9-14)23-20(25)18-13-15(21)19(26-18)17-11-12-22-24(17)2/h5-9,11-13,16H,3-4,10H2,1-2H3,(H,23,25). The number of aryl methyl sites for hydroxylation is 1. The van der Waals surface area contributed by atoms with Crippen LogP contribution in [0.1, 0.15) is 47.5 Å². The van der Waals surface area contributed by atoms with Gasteiger partial charge in [0.2, 0.25) is 0 Å². The Morgan fingerprint density at radius 1 is 1.31 bits per heavy atom. The number of aromatic nitrogens is 2. The molecule has 0 aliphatic rings. The first-order chi connectivity index (χ1) is 12.6. The lowest BCUT2D eigenvalue weighted by Crippen LogP contribution is -2.27. The van der Waals surface area contributed by atoms with Crippen LogP contribution < -0.4 is 5.32 Å². The third-order valence-corrected chi connectivity index (χ3v) is 6.36. The van der Waals surface area contributed by atoms with E-state index in [9.17, 15) is 4.79 Å². The summed E-state index contributed by atoms with van der Waals surface area (Å²) in [6, 6.07) is 14.1. The molecule has 3 rings (SSSR count). The van der Waals surface area contributed by atoms with Crippen LogP contribution in [0.4, 0.5) is 0 Å². The maximum absolute atomic E-state index is 12.9. The van der Waals surface area contributed by atoms with Gasteiger partial charge in [-0.05, 0) is 40.0 Å². The number of thiophene rings is 1. The second kappa shape index (κ2) is 8.64. The number of nitrogens with zero attached hydrogens (tertiary/aromatic N) is 2. The number of benzene rings is 1. The molecule has 136 valence electrons. The van der Waals surface area contributed by atoms with Crippen molar-refractivity contribution >= 4 is 33.2 Å². The maximum atomic E-state index is 12.9. The fourth-order valence-corrected chi connectivity index (χ4v) is 4.73. The van der Waals surface area contributed by atoms with Gasteiger partial charge in [-0.25, -0.2) is 0 Å². The van der Waals surface area contributed by atoms with Crippen LogP contribution in [0.5, 0.6) is 0 Å². The van der Waals surface area contributed by atoms with Crippen LogP contribution in [0, 0.1) is 0 Å². The molecular formula is C20H22BrN3OS. The second-order valence-corrected chi connectivity index (χ2v) is 8.11. The SMILES string of the molecule is CCCCC(NC(=O)c1cc(Br)c(-c2ccnn2C)s1)c1ccccc1. The minimum Gasteiger partial charge on any atom is -0.345 e. The Morgan fingerprint density at radius 3 is 2.73 bits per heavy atom. The van der Waals surface area contributed by atoms with E-state index in [1.54, 1.807) is 6.20 Å². The summed E-state index contributed by atoms with van der Waals surface area (Å²) >= 11 is 5.06. The van der Waals surface area contributed by atoms with Gasteiger partial charge in [-0.15, -0.1) is 11.3 Å². The molecule has 2 heterocycles. The summed E-state index contributed by atoms with van der Waals surface area (Å²) < 4.78 is 2.73. The molecule has 3 aromatic rings. The van der Waals surface area contributed by atoms with Crippen molar-refractivity contribution in [2.45, 2.75) is 32.2 Å². The Hall–Kier alpha value is -1.92. The predicted molar refractivity (Wildman–Crippen MR) is 110 cm³/mol. The molecule has 0 saturated carbocycles. The summed E-state index contributed by atoms with van der Waals surface area (Å²) in [4.78, 5) is 14.6. The highest BCUT2D eigenvalue weighted by atomic mass is 79.9. The third kappa shape index (κ3) is 4.24. The molecule has 6 heteroatoms.